The van der Waals surface area contributed by atoms with Crippen LogP contribution in [0.4, 0.5) is 0 Å². The zero-order valence-electron chi connectivity index (χ0n) is 26.3. The number of carbonyl (C=O) groups is 1. The summed E-state index contributed by atoms with van der Waals surface area (Å²) in [5, 5.41) is 26.3. The van der Waals surface area contributed by atoms with Gasteiger partial charge < -0.3 is 24.6 Å². The first kappa shape index (κ1) is 33.2. The number of amides is 1. The minimum atomic E-state index is -4.17. The van der Waals surface area contributed by atoms with Gasteiger partial charge in [-0.15, -0.1) is 0 Å². The molecule has 0 heterocycles. The Balaban J connectivity index is 1.26. The molecule has 4 saturated carbocycles. The number of rotatable bonds is 12. The fourth-order valence-corrected chi connectivity index (χ4v) is 10.8. The lowest BCUT2D eigenvalue weighted by Crippen LogP contribution is -2.61. The Morgan fingerprint density at radius 3 is 2.46 bits per heavy atom. The molecule has 4 rings (SSSR count). The lowest BCUT2D eigenvalue weighted by atomic mass is 9.43. The van der Waals surface area contributed by atoms with Crippen molar-refractivity contribution in [3.05, 3.63) is 0 Å². The molecule has 0 radical (unpaired) electrons. The monoisotopic (exact) mass is 598 g/mol. The van der Waals surface area contributed by atoms with Crippen LogP contribution in [0.1, 0.15) is 97.8 Å². The Morgan fingerprint density at radius 2 is 1.76 bits per heavy atom. The summed E-state index contributed by atoms with van der Waals surface area (Å²) >= 11 is 0. The van der Waals surface area contributed by atoms with Crippen molar-refractivity contribution in [3.8, 4) is 0 Å². The molecule has 3 unspecified atom stereocenters. The summed E-state index contributed by atoms with van der Waals surface area (Å²) in [6.45, 7) is 8.99. The van der Waals surface area contributed by atoms with Crippen LogP contribution < -0.4 is 5.32 Å². The summed E-state index contributed by atoms with van der Waals surface area (Å²) in [6, 6.07) is 0. The van der Waals surface area contributed by atoms with Gasteiger partial charge in [0.25, 0.3) is 0 Å². The SMILES string of the molecule is C[C@H](CCC(=O)NCCC[N+](C)(C)CCCS(=O)(=O)[O-])[C@@H]1CCC2C3C(C[C@H](O)[C@@]21C)[C@@]1(C)CCCC[C@H]1C[C@H]3O. The van der Waals surface area contributed by atoms with Crippen molar-refractivity contribution >= 4 is 16.0 Å². The molecule has 8 nitrogen and oxygen atoms in total. The third-order valence-electron chi connectivity index (χ3n) is 12.7. The van der Waals surface area contributed by atoms with Crippen molar-refractivity contribution in [3.63, 3.8) is 0 Å². The van der Waals surface area contributed by atoms with E-state index in [-0.39, 0.29) is 40.6 Å². The molecule has 4 aliphatic rings. The summed E-state index contributed by atoms with van der Waals surface area (Å²) in [4.78, 5) is 12.7. The number of hydrogen-bond acceptors (Lipinski definition) is 6. The highest BCUT2D eigenvalue weighted by Crippen LogP contribution is 2.68. The molecule has 0 aromatic rings. The topological polar surface area (TPSA) is 127 Å². The number of nitrogens with zero attached hydrogens (tertiary/aromatic N) is 1. The van der Waals surface area contributed by atoms with Crippen LogP contribution in [0.5, 0.6) is 0 Å². The Hall–Kier alpha value is -0.740. The van der Waals surface area contributed by atoms with Crippen LogP contribution in [0.25, 0.3) is 0 Å². The van der Waals surface area contributed by atoms with Crippen LogP contribution in [0.3, 0.4) is 0 Å². The van der Waals surface area contributed by atoms with Gasteiger partial charge in [0.2, 0.25) is 5.91 Å². The van der Waals surface area contributed by atoms with Crippen LogP contribution in [0, 0.1) is 46.3 Å². The number of hydrogen-bond donors (Lipinski definition) is 3. The highest BCUT2D eigenvalue weighted by Gasteiger charge is 2.65. The Labute approximate surface area is 249 Å². The van der Waals surface area contributed by atoms with Crippen LogP contribution in [0.2, 0.25) is 0 Å². The fraction of sp³-hybridized carbons (Fsp3) is 0.969. The first-order chi connectivity index (χ1) is 19.1. The molecule has 4 fully saturated rings. The molecular formula is C32H58N2O6S. The molecule has 0 bridgehead atoms. The third kappa shape index (κ3) is 7.16. The van der Waals surface area contributed by atoms with Crippen LogP contribution in [-0.2, 0) is 14.9 Å². The Kier molecular flexibility index (Phi) is 10.3. The molecule has 0 aliphatic heterocycles. The van der Waals surface area contributed by atoms with E-state index < -0.39 is 10.1 Å². The van der Waals surface area contributed by atoms with Crippen molar-refractivity contribution in [2.24, 2.45) is 46.3 Å². The molecule has 238 valence electrons. The van der Waals surface area contributed by atoms with Crippen LogP contribution in [-0.4, -0.2) is 85.3 Å². The maximum atomic E-state index is 12.7. The van der Waals surface area contributed by atoms with E-state index in [4.69, 9.17) is 0 Å². The summed E-state index contributed by atoms with van der Waals surface area (Å²) in [5.41, 5.74) is 0.0444. The van der Waals surface area contributed by atoms with E-state index in [0.29, 0.717) is 60.0 Å². The average Bonchev–Trinajstić information content (AvgIpc) is 3.23. The highest BCUT2D eigenvalue weighted by molar-refractivity contribution is 7.85. The van der Waals surface area contributed by atoms with Crippen molar-refractivity contribution in [1.82, 2.24) is 5.32 Å². The maximum Gasteiger partial charge on any atom is 0.220 e. The minimum absolute atomic E-state index is 0.0579. The van der Waals surface area contributed by atoms with Gasteiger partial charge in [-0.3, -0.25) is 4.79 Å². The lowest BCUT2D eigenvalue weighted by molar-refractivity contribution is -0.890. The molecule has 9 heteroatoms. The standard InChI is InChI=1S/C32H58N2O6S/c1-22(11-14-29(37)33-16-8-17-34(4,5)18-9-19-41(38,39)40)24-12-13-25-30-26(21-28(36)32(24,25)3)31(2)15-7-6-10-23(31)20-27(30)35/h22-28,30,35-36H,6-21H2,1-5H3,(H-,33,37,38,39,40)/t22-,23+,24+,25?,26?,27-,28+,30?,31+,32-/m1/s1. The van der Waals surface area contributed by atoms with Crippen LogP contribution in [0.15, 0.2) is 0 Å². The number of aliphatic hydroxyl groups excluding tert-OH is 2. The fourth-order valence-electron chi connectivity index (χ4n) is 10.4. The smallest absolute Gasteiger partial charge is 0.220 e. The van der Waals surface area contributed by atoms with Gasteiger partial charge in [0.1, 0.15) is 0 Å². The quantitative estimate of drug-likeness (QED) is 0.178. The first-order valence-corrected chi connectivity index (χ1v) is 18.0. The number of quaternary nitrogens is 1. The van der Waals surface area contributed by atoms with Gasteiger partial charge in [-0.05, 0) is 91.3 Å². The molecule has 0 aromatic carbocycles. The molecule has 1 amide bonds. The molecule has 4 aliphatic carbocycles. The highest BCUT2D eigenvalue weighted by atomic mass is 32.2. The summed E-state index contributed by atoms with van der Waals surface area (Å²) in [5.74, 6) is 2.05. The largest absolute Gasteiger partial charge is 0.748 e. The number of nitrogens with one attached hydrogen (secondary N) is 1. The van der Waals surface area contributed by atoms with E-state index >= 15 is 0 Å². The molecule has 0 saturated heterocycles. The summed E-state index contributed by atoms with van der Waals surface area (Å²) in [6.07, 6.45) is 10.7. The lowest BCUT2D eigenvalue weighted by Gasteiger charge is -2.63. The summed E-state index contributed by atoms with van der Waals surface area (Å²) in [7, 11) is -0.149. The number of fused-ring (bicyclic) bond motifs is 5. The maximum absolute atomic E-state index is 12.7. The second kappa shape index (κ2) is 12.7. The second-order valence-electron chi connectivity index (χ2n) is 15.6. The Morgan fingerprint density at radius 1 is 1.05 bits per heavy atom. The van der Waals surface area contributed by atoms with Crippen molar-refractivity contribution < 1.29 is 32.5 Å². The number of carbonyl (C=O) groups excluding carboxylic acids is 1. The van der Waals surface area contributed by atoms with E-state index in [1.807, 2.05) is 14.1 Å². The predicted octanol–water partition coefficient (Wildman–Crippen LogP) is 3.91. The summed E-state index contributed by atoms with van der Waals surface area (Å²) < 4.78 is 33.1. The van der Waals surface area contributed by atoms with E-state index in [1.54, 1.807) is 0 Å². The second-order valence-corrected chi connectivity index (χ2v) is 17.1. The van der Waals surface area contributed by atoms with Gasteiger partial charge >= 0.3 is 0 Å². The molecule has 41 heavy (non-hydrogen) atoms. The zero-order chi connectivity index (χ0) is 30.2. The molecular weight excluding hydrogens is 540 g/mol. The number of aliphatic hydroxyl groups is 2. The predicted molar refractivity (Wildman–Crippen MR) is 160 cm³/mol. The first-order valence-electron chi connectivity index (χ1n) is 16.5. The van der Waals surface area contributed by atoms with Gasteiger partial charge in [-0.25, -0.2) is 8.42 Å². The van der Waals surface area contributed by atoms with Crippen LogP contribution >= 0.6 is 0 Å². The molecule has 10 atom stereocenters. The van der Waals surface area contributed by atoms with E-state index in [9.17, 15) is 28.0 Å². The van der Waals surface area contributed by atoms with E-state index in [2.05, 4.69) is 26.1 Å². The van der Waals surface area contributed by atoms with Crippen molar-refractivity contribution in [2.75, 3.05) is 39.5 Å². The van der Waals surface area contributed by atoms with E-state index in [0.717, 1.165) is 45.1 Å². The van der Waals surface area contributed by atoms with Gasteiger partial charge in [0.05, 0.1) is 49.5 Å². The van der Waals surface area contributed by atoms with Gasteiger partial charge in [-0.2, -0.15) is 0 Å². The van der Waals surface area contributed by atoms with Crippen molar-refractivity contribution in [1.29, 1.82) is 0 Å². The third-order valence-corrected chi connectivity index (χ3v) is 13.5. The Bertz CT molecular complexity index is 1020. The molecule has 0 aromatic heterocycles. The van der Waals surface area contributed by atoms with Crippen molar-refractivity contribution in [2.45, 2.75) is 110 Å². The average molecular weight is 599 g/mol. The zero-order valence-corrected chi connectivity index (χ0v) is 27.1. The van der Waals surface area contributed by atoms with Gasteiger partial charge in [0.15, 0.2) is 0 Å². The molecule has 0 spiro atoms. The normalized spacial score (nSPS) is 39.9. The van der Waals surface area contributed by atoms with E-state index in [1.165, 1.54) is 25.7 Å². The van der Waals surface area contributed by atoms with Gasteiger partial charge in [-0.1, -0.05) is 33.6 Å². The molecule has 3 N–H and O–H groups in total. The van der Waals surface area contributed by atoms with Gasteiger partial charge in [0, 0.05) is 31.6 Å². The minimum Gasteiger partial charge on any atom is -0.748 e.